The Morgan fingerprint density at radius 3 is 1.90 bits per heavy atom. The predicted octanol–water partition coefficient (Wildman–Crippen LogP) is 4.59. The Bertz CT molecular complexity index is 1380. The van der Waals surface area contributed by atoms with Gasteiger partial charge in [-0.25, -0.2) is 0 Å². The number of fused-ring (bicyclic) bond motifs is 2. The summed E-state index contributed by atoms with van der Waals surface area (Å²) in [5.74, 6) is 0. The highest BCUT2D eigenvalue weighted by atomic mass is 16.4. The van der Waals surface area contributed by atoms with Crippen LogP contribution < -0.4 is 5.46 Å². The van der Waals surface area contributed by atoms with E-state index in [1.54, 1.807) is 0 Å². The lowest BCUT2D eigenvalue weighted by Crippen LogP contribution is -2.31. The molecule has 0 radical (unpaired) electrons. The fourth-order valence-electron chi connectivity index (χ4n) is 5.17. The van der Waals surface area contributed by atoms with E-state index in [4.69, 9.17) is 0 Å². The maximum atomic E-state index is 10.2. The molecule has 138 valence electrons. The molecule has 3 heteroatoms. The molecule has 0 fully saturated rings. The Morgan fingerprint density at radius 2 is 1.24 bits per heavy atom. The van der Waals surface area contributed by atoms with Crippen LogP contribution in [0.15, 0.2) is 78.9 Å². The second-order valence-corrected chi connectivity index (χ2v) is 7.90. The lowest BCUT2D eigenvalue weighted by molar-refractivity contribution is 0.426. The molecule has 0 atom stereocenters. The molecule has 0 heterocycles. The summed E-state index contributed by atoms with van der Waals surface area (Å²) >= 11 is 0. The van der Waals surface area contributed by atoms with Gasteiger partial charge in [0.1, 0.15) is 0 Å². The van der Waals surface area contributed by atoms with E-state index in [-0.39, 0.29) is 0 Å². The van der Waals surface area contributed by atoms with Gasteiger partial charge >= 0.3 is 7.12 Å². The van der Waals surface area contributed by atoms with Gasteiger partial charge in [-0.05, 0) is 78.9 Å². The molecule has 2 nitrogen and oxygen atoms in total. The van der Waals surface area contributed by atoms with E-state index in [1.165, 1.54) is 27.5 Å². The Kier molecular flexibility index (Phi) is 3.58. The summed E-state index contributed by atoms with van der Waals surface area (Å²) in [5, 5.41) is 26.9. The summed E-state index contributed by atoms with van der Waals surface area (Å²) in [6.07, 6.45) is 2.18. The number of benzene rings is 5. The smallest absolute Gasteiger partial charge is 0.423 e. The van der Waals surface area contributed by atoms with E-state index in [1.807, 2.05) is 36.4 Å². The van der Waals surface area contributed by atoms with Gasteiger partial charge in [0.15, 0.2) is 0 Å². The van der Waals surface area contributed by atoms with Crippen LogP contribution in [0.5, 0.6) is 0 Å². The quantitative estimate of drug-likeness (QED) is 0.351. The minimum Gasteiger partial charge on any atom is -0.423 e. The molecule has 0 aromatic heterocycles. The molecule has 5 aromatic rings. The molecular weight excluding hydrogens is 355 g/mol. The average Bonchev–Trinajstić information content (AvgIpc) is 3.16. The van der Waals surface area contributed by atoms with Crippen LogP contribution in [0.25, 0.3) is 43.4 Å². The predicted molar refractivity (Wildman–Crippen MR) is 122 cm³/mol. The second kappa shape index (κ2) is 6.18. The van der Waals surface area contributed by atoms with Crippen molar-refractivity contribution in [2.75, 3.05) is 0 Å². The van der Waals surface area contributed by atoms with Crippen LogP contribution in [0.1, 0.15) is 11.1 Å². The highest BCUT2D eigenvalue weighted by molar-refractivity contribution is 6.66. The highest BCUT2D eigenvalue weighted by Gasteiger charge is 2.23. The number of rotatable bonds is 2. The standard InChI is InChI=1S/C26H19BO2/c28-27(29)26-22-10-3-1-8-20(22)25(21-9-2-4-11-23(21)26)19-14-17-7-5-6-16-12-13-18(15-19)24(16)17/h1-11,14-15,28-29H,12-13H2. The molecule has 0 saturated heterocycles. The summed E-state index contributed by atoms with van der Waals surface area (Å²) in [4.78, 5) is 0. The van der Waals surface area contributed by atoms with E-state index in [0.29, 0.717) is 5.46 Å². The van der Waals surface area contributed by atoms with Crippen LogP contribution in [-0.4, -0.2) is 17.2 Å². The Morgan fingerprint density at radius 1 is 0.621 bits per heavy atom. The first kappa shape index (κ1) is 16.8. The number of hydrogen-bond acceptors (Lipinski definition) is 2. The third kappa shape index (κ3) is 2.38. The SMILES string of the molecule is OB(O)c1c2ccccc2c(-c2cc3c4c(cccc4c2)CC3)c2ccccc12. The molecule has 1 aliphatic carbocycles. The van der Waals surface area contributed by atoms with Crippen molar-refractivity contribution in [3.8, 4) is 11.1 Å². The molecular formula is C26H19BO2. The molecule has 5 aromatic carbocycles. The Balaban J connectivity index is 1.80. The summed E-state index contributed by atoms with van der Waals surface area (Å²) in [6.45, 7) is 0. The van der Waals surface area contributed by atoms with E-state index in [9.17, 15) is 10.0 Å². The zero-order valence-electron chi connectivity index (χ0n) is 15.9. The van der Waals surface area contributed by atoms with Crippen LogP contribution in [0, 0.1) is 0 Å². The van der Waals surface area contributed by atoms with Gasteiger partial charge in [-0.2, -0.15) is 0 Å². The van der Waals surface area contributed by atoms with Crippen molar-refractivity contribution in [1.82, 2.24) is 0 Å². The molecule has 0 bridgehead atoms. The highest BCUT2D eigenvalue weighted by Crippen LogP contribution is 2.40. The van der Waals surface area contributed by atoms with Crippen LogP contribution in [0.3, 0.4) is 0 Å². The zero-order chi connectivity index (χ0) is 19.5. The lowest BCUT2D eigenvalue weighted by atomic mass is 9.72. The average molecular weight is 374 g/mol. The van der Waals surface area contributed by atoms with E-state index in [2.05, 4.69) is 42.5 Å². The Labute approximate surface area is 169 Å². The number of aryl methyl sites for hydroxylation is 2. The first-order chi connectivity index (χ1) is 14.2. The fraction of sp³-hybridized carbons (Fsp3) is 0.0769. The third-order valence-corrected chi connectivity index (χ3v) is 6.33. The monoisotopic (exact) mass is 374 g/mol. The first-order valence-corrected chi connectivity index (χ1v) is 10.1. The molecule has 0 unspecified atom stereocenters. The van der Waals surface area contributed by atoms with E-state index < -0.39 is 7.12 Å². The van der Waals surface area contributed by atoms with Crippen LogP contribution >= 0.6 is 0 Å². The van der Waals surface area contributed by atoms with Gasteiger partial charge in [0.05, 0.1) is 0 Å². The summed E-state index contributed by atoms with van der Waals surface area (Å²) in [6, 6.07) is 27.3. The second-order valence-electron chi connectivity index (χ2n) is 7.90. The minimum absolute atomic E-state index is 0.576. The summed E-state index contributed by atoms with van der Waals surface area (Å²) in [5.41, 5.74) is 5.78. The van der Waals surface area contributed by atoms with Crippen LogP contribution in [-0.2, 0) is 12.8 Å². The lowest BCUT2D eigenvalue weighted by Gasteiger charge is -2.17. The van der Waals surface area contributed by atoms with Gasteiger partial charge in [-0.3, -0.25) is 0 Å². The molecule has 0 spiro atoms. The van der Waals surface area contributed by atoms with Crippen molar-refractivity contribution in [2.24, 2.45) is 0 Å². The maximum Gasteiger partial charge on any atom is 0.489 e. The van der Waals surface area contributed by atoms with Crippen molar-refractivity contribution in [1.29, 1.82) is 0 Å². The molecule has 6 rings (SSSR count). The third-order valence-electron chi connectivity index (χ3n) is 6.33. The molecule has 0 saturated carbocycles. The Hall–Kier alpha value is -3.14. The topological polar surface area (TPSA) is 40.5 Å². The van der Waals surface area contributed by atoms with Gasteiger partial charge in [0.2, 0.25) is 0 Å². The van der Waals surface area contributed by atoms with E-state index >= 15 is 0 Å². The van der Waals surface area contributed by atoms with Crippen molar-refractivity contribution >= 4 is 44.9 Å². The zero-order valence-corrected chi connectivity index (χ0v) is 15.9. The molecule has 1 aliphatic rings. The summed E-state index contributed by atoms with van der Waals surface area (Å²) in [7, 11) is -1.52. The maximum absolute atomic E-state index is 10.2. The largest absolute Gasteiger partial charge is 0.489 e. The van der Waals surface area contributed by atoms with Crippen LogP contribution in [0.2, 0.25) is 0 Å². The van der Waals surface area contributed by atoms with Gasteiger partial charge in [0.25, 0.3) is 0 Å². The van der Waals surface area contributed by atoms with Gasteiger partial charge < -0.3 is 10.0 Å². The minimum atomic E-state index is -1.52. The molecule has 29 heavy (non-hydrogen) atoms. The van der Waals surface area contributed by atoms with E-state index in [0.717, 1.165) is 39.9 Å². The van der Waals surface area contributed by atoms with Crippen molar-refractivity contribution in [3.63, 3.8) is 0 Å². The summed E-state index contributed by atoms with van der Waals surface area (Å²) < 4.78 is 0. The van der Waals surface area contributed by atoms with Crippen molar-refractivity contribution in [3.05, 3.63) is 90.0 Å². The fourth-order valence-corrected chi connectivity index (χ4v) is 5.17. The van der Waals surface area contributed by atoms with Crippen LogP contribution in [0.4, 0.5) is 0 Å². The van der Waals surface area contributed by atoms with Gasteiger partial charge in [-0.1, -0.05) is 72.8 Å². The molecule has 0 aliphatic heterocycles. The molecule has 0 amide bonds. The van der Waals surface area contributed by atoms with Crippen molar-refractivity contribution in [2.45, 2.75) is 12.8 Å². The molecule has 2 N–H and O–H groups in total. The van der Waals surface area contributed by atoms with Crippen molar-refractivity contribution < 1.29 is 10.0 Å². The normalized spacial score (nSPS) is 12.9. The first-order valence-electron chi connectivity index (χ1n) is 10.1. The number of hydrogen-bond donors (Lipinski definition) is 2. The van der Waals surface area contributed by atoms with Gasteiger partial charge in [-0.15, -0.1) is 0 Å². The van der Waals surface area contributed by atoms with Gasteiger partial charge in [0, 0.05) is 0 Å².